The first-order chi connectivity index (χ1) is 12.0. The van der Waals surface area contributed by atoms with E-state index in [1.165, 1.54) is 12.3 Å². The van der Waals surface area contributed by atoms with Gasteiger partial charge in [0.2, 0.25) is 5.88 Å². The fraction of sp³-hybridized carbons (Fsp3) is 0.286. The highest BCUT2D eigenvalue weighted by Crippen LogP contribution is 2.20. The van der Waals surface area contributed by atoms with Crippen LogP contribution < -0.4 is 10.1 Å². The predicted molar refractivity (Wildman–Crippen MR) is 83.6 cm³/mol. The smallest absolute Gasteiger partial charge is 0.388 e. The Bertz CT molecular complexity index is 876. The monoisotopic (exact) mass is 353 g/mol. The van der Waals surface area contributed by atoms with Gasteiger partial charge in [0.1, 0.15) is 11.3 Å². The Kier molecular flexibility index (Phi) is 4.82. The van der Waals surface area contributed by atoms with Crippen molar-refractivity contribution >= 4 is 22.8 Å². The fourth-order valence-electron chi connectivity index (χ4n) is 2.11. The first kappa shape index (κ1) is 16.7. The molecule has 8 nitrogen and oxygen atoms in total. The second kappa shape index (κ2) is 7.20. The zero-order valence-electron chi connectivity index (χ0n) is 12.9. The lowest BCUT2D eigenvalue weighted by Crippen LogP contribution is -2.05. The van der Waals surface area contributed by atoms with Crippen LogP contribution in [0, 0.1) is 0 Å². The Morgan fingerprint density at radius 2 is 2.24 bits per heavy atom. The van der Waals surface area contributed by atoms with Crippen molar-refractivity contribution < 1.29 is 17.9 Å². The van der Waals surface area contributed by atoms with Crippen LogP contribution in [0.1, 0.15) is 6.42 Å². The van der Waals surface area contributed by atoms with E-state index in [0.29, 0.717) is 34.9 Å². The van der Waals surface area contributed by atoms with Crippen molar-refractivity contribution in [3.05, 3.63) is 30.6 Å². The van der Waals surface area contributed by atoms with Gasteiger partial charge in [0, 0.05) is 6.07 Å². The molecule has 3 rings (SSSR count). The lowest BCUT2D eigenvalue weighted by Gasteiger charge is -2.06. The Balaban J connectivity index is 1.78. The summed E-state index contributed by atoms with van der Waals surface area (Å²) < 4.78 is 42.4. The third-order valence-corrected chi connectivity index (χ3v) is 3.19. The number of anilines is 2. The van der Waals surface area contributed by atoms with E-state index in [9.17, 15) is 13.2 Å². The van der Waals surface area contributed by atoms with Crippen LogP contribution in [-0.2, 0) is 6.54 Å². The molecule has 0 atom stereocenters. The number of aromatic amines is 1. The molecule has 3 aromatic heterocycles. The SMILES string of the molecule is C=C(CCF)Cn1ncc2ncc(Nc3cc(OC(F)F)n[nH]3)nc21. The van der Waals surface area contributed by atoms with Crippen molar-refractivity contribution in [2.45, 2.75) is 19.6 Å². The number of hydrogen-bond acceptors (Lipinski definition) is 6. The first-order valence-corrected chi connectivity index (χ1v) is 7.23. The van der Waals surface area contributed by atoms with Crippen molar-refractivity contribution in [1.29, 1.82) is 0 Å². The van der Waals surface area contributed by atoms with Crippen LogP contribution in [0.5, 0.6) is 5.88 Å². The summed E-state index contributed by atoms with van der Waals surface area (Å²) in [5.41, 5.74) is 1.72. The van der Waals surface area contributed by atoms with Gasteiger partial charge in [-0.3, -0.25) is 9.49 Å². The van der Waals surface area contributed by atoms with Gasteiger partial charge in [0.15, 0.2) is 11.5 Å². The summed E-state index contributed by atoms with van der Waals surface area (Å²) in [4.78, 5) is 8.58. The van der Waals surface area contributed by atoms with E-state index in [-0.39, 0.29) is 12.3 Å². The van der Waals surface area contributed by atoms with Crippen LogP contribution >= 0.6 is 0 Å². The topological polar surface area (TPSA) is 93.5 Å². The summed E-state index contributed by atoms with van der Waals surface area (Å²) in [5, 5.41) is 13.1. The second-order valence-electron chi connectivity index (χ2n) is 5.08. The molecule has 3 heterocycles. The Morgan fingerprint density at radius 1 is 1.40 bits per heavy atom. The molecule has 0 spiro atoms. The molecule has 0 saturated heterocycles. The maximum atomic E-state index is 12.4. The molecule has 0 aliphatic rings. The number of aromatic nitrogens is 6. The molecule has 0 aromatic carbocycles. The summed E-state index contributed by atoms with van der Waals surface area (Å²) in [7, 11) is 0. The molecule has 2 N–H and O–H groups in total. The first-order valence-electron chi connectivity index (χ1n) is 7.23. The van der Waals surface area contributed by atoms with Crippen LogP contribution in [0.25, 0.3) is 11.2 Å². The van der Waals surface area contributed by atoms with Gasteiger partial charge in [-0.15, -0.1) is 5.10 Å². The molecule has 3 aromatic rings. The highest BCUT2D eigenvalue weighted by atomic mass is 19.3. The number of nitrogens with zero attached hydrogens (tertiary/aromatic N) is 5. The van der Waals surface area contributed by atoms with Crippen LogP contribution in [0.4, 0.5) is 24.8 Å². The molecule has 0 saturated carbocycles. The molecule has 0 fully saturated rings. The van der Waals surface area contributed by atoms with E-state index >= 15 is 0 Å². The number of halogens is 3. The Morgan fingerprint density at radius 3 is 3.00 bits per heavy atom. The van der Waals surface area contributed by atoms with Gasteiger partial charge in [-0.05, 0) is 6.42 Å². The number of fused-ring (bicyclic) bond motifs is 1. The number of ether oxygens (including phenoxy) is 1. The minimum Gasteiger partial charge on any atom is -0.415 e. The standard InChI is InChI=1S/C14H14F3N7O/c1-8(2-3-15)7-24-13-9(5-19-24)18-6-11(21-13)20-10-4-12(23-22-10)25-14(16)17/h4-6,14H,1-3,7H2,(H2,20,21,22,23). The van der Waals surface area contributed by atoms with Crippen molar-refractivity contribution in [3.8, 4) is 5.88 Å². The van der Waals surface area contributed by atoms with Gasteiger partial charge in [0.05, 0.1) is 25.6 Å². The fourth-order valence-corrected chi connectivity index (χ4v) is 2.11. The molecular weight excluding hydrogens is 339 g/mol. The zero-order valence-corrected chi connectivity index (χ0v) is 12.9. The summed E-state index contributed by atoms with van der Waals surface area (Å²) >= 11 is 0. The second-order valence-corrected chi connectivity index (χ2v) is 5.08. The van der Waals surface area contributed by atoms with Gasteiger partial charge < -0.3 is 10.1 Å². The predicted octanol–water partition coefficient (Wildman–Crippen LogP) is 2.81. The van der Waals surface area contributed by atoms with Crippen LogP contribution in [0.3, 0.4) is 0 Å². The normalized spacial score (nSPS) is 11.2. The van der Waals surface area contributed by atoms with Crippen LogP contribution in [-0.4, -0.2) is 43.2 Å². The van der Waals surface area contributed by atoms with E-state index in [0.717, 1.165) is 0 Å². The van der Waals surface area contributed by atoms with Gasteiger partial charge in [0.25, 0.3) is 0 Å². The number of alkyl halides is 3. The average Bonchev–Trinajstić information content (AvgIpc) is 3.14. The molecule has 132 valence electrons. The summed E-state index contributed by atoms with van der Waals surface area (Å²) in [6.07, 6.45) is 3.24. The Labute approximate surface area is 139 Å². The van der Waals surface area contributed by atoms with Gasteiger partial charge in [-0.1, -0.05) is 12.2 Å². The van der Waals surface area contributed by atoms with Crippen molar-refractivity contribution in [2.75, 3.05) is 12.0 Å². The number of rotatable bonds is 8. The van der Waals surface area contributed by atoms with Crippen molar-refractivity contribution in [3.63, 3.8) is 0 Å². The van der Waals surface area contributed by atoms with E-state index < -0.39 is 13.3 Å². The molecule has 0 aliphatic carbocycles. The molecule has 0 amide bonds. The van der Waals surface area contributed by atoms with Crippen LogP contribution in [0.2, 0.25) is 0 Å². The summed E-state index contributed by atoms with van der Waals surface area (Å²) in [6.45, 7) is 0.665. The molecular formula is C14H14F3N7O. The van der Waals surface area contributed by atoms with Gasteiger partial charge in [-0.2, -0.15) is 13.9 Å². The highest BCUT2D eigenvalue weighted by Gasteiger charge is 2.11. The molecule has 0 unspecified atom stereocenters. The van der Waals surface area contributed by atoms with Gasteiger partial charge >= 0.3 is 6.61 Å². The maximum absolute atomic E-state index is 12.4. The quantitative estimate of drug-likeness (QED) is 0.605. The lowest BCUT2D eigenvalue weighted by atomic mass is 10.2. The molecule has 0 bridgehead atoms. The number of hydrogen-bond donors (Lipinski definition) is 2. The van der Waals surface area contributed by atoms with Crippen molar-refractivity contribution in [1.82, 2.24) is 29.9 Å². The van der Waals surface area contributed by atoms with Crippen LogP contribution in [0.15, 0.2) is 30.6 Å². The molecule has 11 heteroatoms. The minimum absolute atomic E-state index is 0.244. The average molecular weight is 353 g/mol. The van der Waals surface area contributed by atoms with E-state index in [2.05, 4.69) is 41.9 Å². The number of allylic oxidation sites excluding steroid dienone is 1. The lowest BCUT2D eigenvalue weighted by molar-refractivity contribution is -0.0528. The largest absolute Gasteiger partial charge is 0.415 e. The third-order valence-electron chi connectivity index (χ3n) is 3.19. The van der Waals surface area contributed by atoms with Crippen molar-refractivity contribution in [2.24, 2.45) is 0 Å². The number of H-pyrrole nitrogens is 1. The Hall–Kier alpha value is -3.11. The summed E-state index contributed by atoms with van der Waals surface area (Å²) in [6, 6.07) is 1.26. The third kappa shape index (κ3) is 4.05. The summed E-state index contributed by atoms with van der Waals surface area (Å²) in [5.74, 6) is 0.397. The zero-order chi connectivity index (χ0) is 17.8. The molecule has 0 aliphatic heterocycles. The van der Waals surface area contributed by atoms with E-state index in [4.69, 9.17) is 0 Å². The molecule has 25 heavy (non-hydrogen) atoms. The highest BCUT2D eigenvalue weighted by molar-refractivity contribution is 5.72. The van der Waals surface area contributed by atoms with E-state index in [1.54, 1.807) is 10.9 Å². The maximum Gasteiger partial charge on any atom is 0.388 e. The number of nitrogens with one attached hydrogen (secondary N) is 2. The minimum atomic E-state index is -2.96. The molecule has 0 radical (unpaired) electrons. The van der Waals surface area contributed by atoms with E-state index in [1.807, 2.05) is 0 Å². The van der Waals surface area contributed by atoms with Gasteiger partial charge in [-0.25, -0.2) is 14.6 Å².